The molecule has 0 aliphatic heterocycles. The maximum Gasteiger partial charge on any atom is 0.297 e. The van der Waals surface area contributed by atoms with Crippen LogP contribution in [0.25, 0.3) is 0 Å². The van der Waals surface area contributed by atoms with Crippen LogP contribution in [0.3, 0.4) is 0 Å². The van der Waals surface area contributed by atoms with Crippen LogP contribution in [-0.4, -0.2) is 29.2 Å². The predicted octanol–water partition coefficient (Wildman–Crippen LogP) is 6.30. The standard InChI is InChI=1S/C26H38O5S/c1-18(2)21-16-23(19(3)4)25(24(17-21)20(5)6)32(27,28)31-15-14-26(29-7,30-8)22-12-10-9-11-13-22/h9-13,16-20H,14-15H2,1-8H3. The third-order valence-electron chi connectivity index (χ3n) is 5.87. The van der Waals surface area contributed by atoms with Gasteiger partial charge in [-0.1, -0.05) is 84.0 Å². The molecule has 2 aromatic carbocycles. The van der Waals surface area contributed by atoms with Crippen LogP contribution >= 0.6 is 0 Å². The van der Waals surface area contributed by atoms with Crippen molar-refractivity contribution in [2.24, 2.45) is 0 Å². The largest absolute Gasteiger partial charge is 0.349 e. The Bertz CT molecular complexity index is 946. The number of rotatable bonds is 11. The van der Waals surface area contributed by atoms with E-state index in [1.165, 1.54) is 0 Å². The van der Waals surface area contributed by atoms with Crippen LogP contribution in [-0.2, 0) is 29.6 Å². The van der Waals surface area contributed by atoms with E-state index in [0.29, 0.717) is 10.8 Å². The highest BCUT2D eigenvalue weighted by Crippen LogP contribution is 2.37. The van der Waals surface area contributed by atoms with Crippen molar-refractivity contribution in [3.8, 4) is 0 Å². The van der Waals surface area contributed by atoms with Crippen LogP contribution in [0.5, 0.6) is 0 Å². The molecule has 0 saturated carbocycles. The molecule has 0 amide bonds. The molecule has 0 aliphatic rings. The van der Waals surface area contributed by atoms with E-state index in [4.69, 9.17) is 13.7 Å². The Morgan fingerprint density at radius 2 is 1.31 bits per heavy atom. The predicted molar refractivity (Wildman–Crippen MR) is 129 cm³/mol. The summed E-state index contributed by atoms with van der Waals surface area (Å²) in [6.45, 7) is 12.2. The van der Waals surface area contributed by atoms with E-state index in [1.807, 2.05) is 70.2 Å². The summed E-state index contributed by atoms with van der Waals surface area (Å²) in [5, 5.41) is 0. The Kier molecular flexibility index (Phi) is 9.06. The average molecular weight is 463 g/mol. The van der Waals surface area contributed by atoms with Crippen molar-refractivity contribution in [2.75, 3.05) is 20.8 Å². The van der Waals surface area contributed by atoms with Gasteiger partial charge in [0, 0.05) is 26.2 Å². The molecule has 2 aromatic rings. The number of ether oxygens (including phenoxy) is 2. The van der Waals surface area contributed by atoms with Gasteiger partial charge in [0.05, 0.1) is 6.61 Å². The monoisotopic (exact) mass is 462 g/mol. The fraction of sp³-hybridized carbons (Fsp3) is 0.538. The van der Waals surface area contributed by atoms with E-state index in [2.05, 4.69) is 13.8 Å². The van der Waals surface area contributed by atoms with E-state index in [9.17, 15) is 8.42 Å². The lowest BCUT2D eigenvalue weighted by atomic mass is 9.89. The van der Waals surface area contributed by atoms with E-state index in [1.54, 1.807) is 14.2 Å². The lowest BCUT2D eigenvalue weighted by molar-refractivity contribution is -0.223. The van der Waals surface area contributed by atoms with Gasteiger partial charge in [-0.3, -0.25) is 4.18 Å². The second-order valence-electron chi connectivity index (χ2n) is 9.05. The molecule has 0 spiro atoms. The average Bonchev–Trinajstić information content (AvgIpc) is 2.76. The Labute approximate surface area is 194 Å². The summed E-state index contributed by atoms with van der Waals surface area (Å²) in [4.78, 5) is 0.298. The molecule has 0 aliphatic carbocycles. The summed E-state index contributed by atoms with van der Waals surface area (Å²) < 4.78 is 43.8. The Morgan fingerprint density at radius 3 is 1.72 bits per heavy atom. The molecule has 0 aromatic heterocycles. The summed E-state index contributed by atoms with van der Waals surface area (Å²) in [6.07, 6.45) is 0.224. The van der Waals surface area contributed by atoms with Gasteiger partial charge in [-0.2, -0.15) is 8.42 Å². The van der Waals surface area contributed by atoms with Crippen molar-refractivity contribution in [3.63, 3.8) is 0 Å². The lowest BCUT2D eigenvalue weighted by Gasteiger charge is -2.31. The Balaban J connectivity index is 2.41. The second kappa shape index (κ2) is 10.9. The fourth-order valence-corrected chi connectivity index (χ4v) is 5.47. The first-order valence-electron chi connectivity index (χ1n) is 11.2. The molecule has 0 unspecified atom stereocenters. The first kappa shape index (κ1) is 26.5. The molecule has 0 N–H and O–H groups in total. The summed E-state index contributed by atoms with van der Waals surface area (Å²) in [5.41, 5.74) is 3.54. The number of methoxy groups -OCH3 is 2. The van der Waals surface area contributed by atoms with Gasteiger partial charge in [-0.15, -0.1) is 0 Å². The minimum absolute atomic E-state index is 0.0425. The highest BCUT2D eigenvalue weighted by Gasteiger charge is 2.34. The van der Waals surface area contributed by atoms with Crippen LogP contribution < -0.4 is 0 Å². The first-order valence-corrected chi connectivity index (χ1v) is 12.6. The van der Waals surface area contributed by atoms with E-state index in [-0.39, 0.29) is 24.9 Å². The topological polar surface area (TPSA) is 61.8 Å². The summed E-state index contributed by atoms with van der Waals surface area (Å²) in [5.74, 6) is -0.695. The summed E-state index contributed by atoms with van der Waals surface area (Å²) in [7, 11) is -0.896. The van der Waals surface area contributed by atoms with Crippen LogP contribution in [0.15, 0.2) is 47.4 Å². The van der Waals surface area contributed by atoms with Crippen molar-refractivity contribution >= 4 is 10.1 Å². The third-order valence-corrected chi connectivity index (χ3v) is 7.32. The van der Waals surface area contributed by atoms with Gasteiger partial charge >= 0.3 is 0 Å². The highest BCUT2D eigenvalue weighted by molar-refractivity contribution is 7.86. The summed E-state index contributed by atoms with van der Waals surface area (Å²) in [6, 6.07) is 13.5. The Morgan fingerprint density at radius 1 is 0.812 bits per heavy atom. The van der Waals surface area contributed by atoms with Crippen LogP contribution in [0.2, 0.25) is 0 Å². The van der Waals surface area contributed by atoms with E-state index >= 15 is 0 Å². The second-order valence-corrected chi connectivity index (χ2v) is 10.6. The maximum atomic E-state index is 13.5. The number of hydrogen-bond acceptors (Lipinski definition) is 5. The molecule has 0 heterocycles. The zero-order chi connectivity index (χ0) is 24.1. The molecular formula is C26H38O5S. The van der Waals surface area contributed by atoms with Crippen LogP contribution in [0.4, 0.5) is 0 Å². The fourth-order valence-electron chi connectivity index (χ4n) is 3.88. The molecule has 5 nitrogen and oxygen atoms in total. The first-order chi connectivity index (χ1) is 15.0. The van der Waals surface area contributed by atoms with E-state index in [0.717, 1.165) is 22.3 Å². The van der Waals surface area contributed by atoms with Crippen LogP contribution in [0.1, 0.15) is 88.0 Å². The highest BCUT2D eigenvalue weighted by atomic mass is 32.2. The maximum absolute atomic E-state index is 13.5. The van der Waals surface area contributed by atoms with Gasteiger partial charge < -0.3 is 9.47 Å². The van der Waals surface area contributed by atoms with Gasteiger partial charge in [-0.25, -0.2) is 0 Å². The van der Waals surface area contributed by atoms with Gasteiger partial charge in [0.25, 0.3) is 10.1 Å². The quantitative estimate of drug-likeness (QED) is 0.290. The van der Waals surface area contributed by atoms with E-state index < -0.39 is 15.9 Å². The summed E-state index contributed by atoms with van der Waals surface area (Å²) >= 11 is 0. The number of benzene rings is 2. The Hall–Kier alpha value is -1.73. The zero-order valence-corrected chi connectivity index (χ0v) is 21.5. The van der Waals surface area contributed by atoms with Crippen molar-refractivity contribution < 1.29 is 22.1 Å². The SMILES string of the molecule is COC(CCOS(=O)(=O)c1c(C(C)C)cc(C(C)C)cc1C(C)C)(OC)c1ccccc1. The van der Waals surface area contributed by atoms with Gasteiger partial charge in [0.1, 0.15) is 4.90 Å². The lowest BCUT2D eigenvalue weighted by Crippen LogP contribution is -2.32. The molecule has 0 radical (unpaired) electrons. The molecule has 0 bridgehead atoms. The normalized spacial score (nSPS) is 12.8. The molecule has 2 rings (SSSR count). The van der Waals surface area contributed by atoms with Crippen molar-refractivity contribution in [1.82, 2.24) is 0 Å². The zero-order valence-electron chi connectivity index (χ0n) is 20.6. The van der Waals surface area contributed by atoms with Crippen LogP contribution in [0, 0.1) is 0 Å². The van der Waals surface area contributed by atoms with Crippen molar-refractivity contribution in [2.45, 2.75) is 76.4 Å². The van der Waals surface area contributed by atoms with Gasteiger partial charge in [-0.05, 0) is 34.4 Å². The molecule has 0 saturated heterocycles. The molecule has 6 heteroatoms. The van der Waals surface area contributed by atoms with Crippen molar-refractivity contribution in [1.29, 1.82) is 0 Å². The molecule has 178 valence electrons. The van der Waals surface area contributed by atoms with Gasteiger partial charge in [0.15, 0.2) is 5.79 Å². The third kappa shape index (κ3) is 5.79. The van der Waals surface area contributed by atoms with Gasteiger partial charge in [0.2, 0.25) is 0 Å². The molecular weight excluding hydrogens is 424 g/mol. The number of hydrogen-bond donors (Lipinski definition) is 0. The molecule has 0 atom stereocenters. The minimum atomic E-state index is -3.99. The molecule has 32 heavy (non-hydrogen) atoms. The smallest absolute Gasteiger partial charge is 0.297 e. The minimum Gasteiger partial charge on any atom is -0.349 e. The van der Waals surface area contributed by atoms with Crippen molar-refractivity contribution in [3.05, 3.63) is 64.7 Å². The molecule has 0 fully saturated rings.